The molecule has 0 aliphatic carbocycles. The first kappa shape index (κ1) is 12.8. The van der Waals surface area contributed by atoms with Crippen molar-refractivity contribution in [3.8, 4) is 17.2 Å². The van der Waals surface area contributed by atoms with Crippen LogP contribution in [-0.4, -0.2) is 25.1 Å². The highest BCUT2D eigenvalue weighted by Crippen LogP contribution is 2.43. The highest BCUT2D eigenvalue weighted by Gasteiger charge is 2.17. The number of halogens is 1. The largest absolute Gasteiger partial charge is 0.506 e. The van der Waals surface area contributed by atoms with Crippen LogP contribution in [-0.2, 0) is 11.2 Å². The normalized spacial score (nSPS) is 10.0. The van der Waals surface area contributed by atoms with Crippen LogP contribution in [0.25, 0.3) is 0 Å². The van der Waals surface area contributed by atoms with E-state index in [-0.39, 0.29) is 18.0 Å². The molecule has 1 rings (SSSR count). The Morgan fingerprint density at radius 2 is 2.06 bits per heavy atom. The number of methoxy groups -OCH3 is 2. The van der Waals surface area contributed by atoms with Crippen LogP contribution in [0.5, 0.6) is 17.2 Å². The summed E-state index contributed by atoms with van der Waals surface area (Å²) in [6, 6.07) is 1.60. The summed E-state index contributed by atoms with van der Waals surface area (Å²) in [6.45, 7) is 1.46. The number of phenols is 1. The number of rotatable bonds is 4. The summed E-state index contributed by atoms with van der Waals surface area (Å²) in [5.41, 5.74) is 0.511. The van der Waals surface area contributed by atoms with Crippen molar-refractivity contribution in [2.24, 2.45) is 0 Å². The number of phenolic OH excluding ortho intramolecular Hbond substituents is 1. The Hall–Kier alpha value is -1.23. The van der Waals surface area contributed by atoms with E-state index in [1.165, 1.54) is 21.1 Å². The van der Waals surface area contributed by atoms with E-state index < -0.39 is 0 Å². The van der Waals surface area contributed by atoms with Gasteiger partial charge in [0.25, 0.3) is 0 Å². The second-order valence-electron chi connectivity index (χ2n) is 3.31. The zero-order valence-electron chi connectivity index (χ0n) is 9.33. The molecular weight excluding hydrogens is 276 g/mol. The minimum Gasteiger partial charge on any atom is -0.506 e. The van der Waals surface area contributed by atoms with E-state index in [0.29, 0.717) is 21.5 Å². The Kier molecular flexibility index (Phi) is 4.18. The van der Waals surface area contributed by atoms with Gasteiger partial charge >= 0.3 is 0 Å². The molecule has 0 saturated heterocycles. The van der Waals surface area contributed by atoms with Gasteiger partial charge in [0.05, 0.1) is 14.2 Å². The van der Waals surface area contributed by atoms with E-state index >= 15 is 0 Å². The van der Waals surface area contributed by atoms with E-state index in [1.807, 2.05) is 0 Å². The van der Waals surface area contributed by atoms with Crippen molar-refractivity contribution in [2.75, 3.05) is 14.2 Å². The van der Waals surface area contributed by atoms with Gasteiger partial charge < -0.3 is 14.6 Å². The molecule has 5 heteroatoms. The number of aromatic hydroxyl groups is 1. The van der Waals surface area contributed by atoms with Crippen LogP contribution in [0.1, 0.15) is 12.5 Å². The van der Waals surface area contributed by atoms with Gasteiger partial charge in [0, 0.05) is 12.0 Å². The quantitative estimate of drug-likeness (QED) is 0.924. The standard InChI is InChI=1S/C11H13BrO4/c1-6(13)4-7-5-8(15-2)11(16-3)9(12)10(7)14/h5,14H,4H2,1-3H3. The molecule has 0 aliphatic rings. The van der Waals surface area contributed by atoms with Crippen LogP contribution in [0, 0.1) is 0 Å². The van der Waals surface area contributed by atoms with Gasteiger partial charge in [-0.15, -0.1) is 0 Å². The van der Waals surface area contributed by atoms with E-state index in [9.17, 15) is 9.90 Å². The lowest BCUT2D eigenvalue weighted by Gasteiger charge is -2.13. The molecule has 0 bridgehead atoms. The maximum absolute atomic E-state index is 11.0. The van der Waals surface area contributed by atoms with Gasteiger partial charge in [0.1, 0.15) is 16.0 Å². The second kappa shape index (κ2) is 5.21. The summed E-state index contributed by atoms with van der Waals surface area (Å²) in [4.78, 5) is 11.0. The first-order valence-corrected chi connectivity index (χ1v) is 5.42. The first-order chi connectivity index (χ1) is 7.51. The van der Waals surface area contributed by atoms with Crippen molar-refractivity contribution in [1.29, 1.82) is 0 Å². The van der Waals surface area contributed by atoms with Crippen molar-refractivity contribution in [1.82, 2.24) is 0 Å². The fourth-order valence-corrected chi connectivity index (χ4v) is 2.01. The van der Waals surface area contributed by atoms with Crippen LogP contribution in [0.15, 0.2) is 10.5 Å². The lowest BCUT2D eigenvalue weighted by atomic mass is 10.1. The van der Waals surface area contributed by atoms with Crippen molar-refractivity contribution in [2.45, 2.75) is 13.3 Å². The fraction of sp³-hybridized carbons (Fsp3) is 0.364. The third-order valence-corrected chi connectivity index (χ3v) is 2.84. The van der Waals surface area contributed by atoms with Crippen LogP contribution in [0.4, 0.5) is 0 Å². The third-order valence-electron chi connectivity index (χ3n) is 2.10. The Labute approximate surface area is 102 Å². The molecule has 4 nitrogen and oxygen atoms in total. The third kappa shape index (κ3) is 2.47. The van der Waals surface area contributed by atoms with Gasteiger partial charge in [-0.05, 0) is 28.9 Å². The van der Waals surface area contributed by atoms with Crippen molar-refractivity contribution in [3.63, 3.8) is 0 Å². The Bertz CT molecular complexity index is 415. The van der Waals surface area contributed by atoms with Gasteiger partial charge in [-0.25, -0.2) is 0 Å². The Balaban J connectivity index is 3.32. The number of hydrogen-bond donors (Lipinski definition) is 1. The molecular formula is C11H13BrO4. The van der Waals surface area contributed by atoms with E-state index in [4.69, 9.17) is 9.47 Å². The molecule has 16 heavy (non-hydrogen) atoms. The summed E-state index contributed by atoms with van der Waals surface area (Å²) in [7, 11) is 2.98. The number of Topliss-reactive ketones (excluding diaryl/α,β-unsaturated/α-hetero) is 1. The van der Waals surface area contributed by atoms with Gasteiger partial charge in [-0.3, -0.25) is 4.79 Å². The van der Waals surface area contributed by atoms with Crippen LogP contribution >= 0.6 is 15.9 Å². The first-order valence-electron chi connectivity index (χ1n) is 4.63. The molecule has 0 radical (unpaired) electrons. The molecule has 0 aromatic heterocycles. The molecule has 0 saturated carbocycles. The number of ketones is 1. The van der Waals surface area contributed by atoms with Crippen LogP contribution < -0.4 is 9.47 Å². The van der Waals surface area contributed by atoms with Gasteiger partial charge in [-0.2, -0.15) is 0 Å². The van der Waals surface area contributed by atoms with Crippen molar-refractivity contribution >= 4 is 21.7 Å². The average Bonchev–Trinajstić information content (AvgIpc) is 2.24. The van der Waals surface area contributed by atoms with Crippen LogP contribution in [0.3, 0.4) is 0 Å². The van der Waals surface area contributed by atoms with Crippen molar-refractivity contribution < 1.29 is 19.4 Å². The molecule has 0 heterocycles. The lowest BCUT2D eigenvalue weighted by Crippen LogP contribution is -2.00. The fourth-order valence-electron chi connectivity index (χ4n) is 1.39. The SMILES string of the molecule is COc1cc(CC(C)=O)c(O)c(Br)c1OC. The number of benzene rings is 1. The Morgan fingerprint density at radius 1 is 1.44 bits per heavy atom. The molecule has 0 fully saturated rings. The number of carbonyl (C=O) groups excluding carboxylic acids is 1. The smallest absolute Gasteiger partial charge is 0.178 e. The summed E-state index contributed by atoms with van der Waals surface area (Å²) in [5, 5.41) is 9.84. The van der Waals surface area contributed by atoms with E-state index in [0.717, 1.165) is 0 Å². The highest BCUT2D eigenvalue weighted by atomic mass is 79.9. The summed E-state index contributed by atoms with van der Waals surface area (Å²) >= 11 is 3.21. The summed E-state index contributed by atoms with van der Waals surface area (Å²) in [5.74, 6) is 0.859. The molecule has 1 aromatic rings. The second-order valence-corrected chi connectivity index (χ2v) is 4.11. The van der Waals surface area contributed by atoms with Crippen LogP contribution in [0.2, 0.25) is 0 Å². The monoisotopic (exact) mass is 288 g/mol. The highest BCUT2D eigenvalue weighted by molar-refractivity contribution is 9.10. The summed E-state index contributed by atoms with van der Waals surface area (Å²) in [6.07, 6.45) is 0.158. The summed E-state index contributed by atoms with van der Waals surface area (Å²) < 4.78 is 10.6. The number of hydrogen-bond acceptors (Lipinski definition) is 4. The molecule has 0 amide bonds. The molecule has 0 atom stereocenters. The van der Waals surface area contributed by atoms with E-state index in [1.54, 1.807) is 6.07 Å². The number of ether oxygens (including phenoxy) is 2. The van der Waals surface area contributed by atoms with Crippen molar-refractivity contribution in [3.05, 3.63) is 16.1 Å². The molecule has 88 valence electrons. The Morgan fingerprint density at radius 3 is 2.50 bits per heavy atom. The molecule has 0 spiro atoms. The lowest BCUT2D eigenvalue weighted by molar-refractivity contribution is -0.116. The molecule has 1 aromatic carbocycles. The minimum absolute atomic E-state index is 0.00727. The molecule has 0 unspecified atom stereocenters. The topological polar surface area (TPSA) is 55.8 Å². The maximum Gasteiger partial charge on any atom is 0.178 e. The van der Waals surface area contributed by atoms with Gasteiger partial charge in [0.2, 0.25) is 0 Å². The predicted octanol–water partition coefficient (Wildman–Crippen LogP) is 2.30. The zero-order valence-corrected chi connectivity index (χ0v) is 10.9. The van der Waals surface area contributed by atoms with E-state index in [2.05, 4.69) is 15.9 Å². The van der Waals surface area contributed by atoms with Gasteiger partial charge in [0.15, 0.2) is 11.5 Å². The maximum atomic E-state index is 11.0. The van der Waals surface area contributed by atoms with Gasteiger partial charge in [-0.1, -0.05) is 0 Å². The average molecular weight is 289 g/mol. The molecule has 0 aliphatic heterocycles. The number of carbonyl (C=O) groups is 1. The zero-order chi connectivity index (χ0) is 12.3. The minimum atomic E-state index is -0.0329. The predicted molar refractivity (Wildman–Crippen MR) is 63.3 cm³/mol. The molecule has 1 N–H and O–H groups in total.